The minimum absolute atomic E-state index is 0.0704. The van der Waals surface area contributed by atoms with E-state index in [0.717, 1.165) is 19.3 Å². The molecule has 0 atom stereocenters. The van der Waals surface area contributed by atoms with Gasteiger partial charge in [0.15, 0.2) is 5.82 Å². The van der Waals surface area contributed by atoms with Crippen LogP contribution in [0.25, 0.3) is 11.4 Å². The first-order valence-electron chi connectivity index (χ1n) is 9.71. The van der Waals surface area contributed by atoms with Crippen molar-refractivity contribution in [1.29, 1.82) is 0 Å². The van der Waals surface area contributed by atoms with Gasteiger partial charge in [-0.25, -0.2) is 0 Å². The molecule has 0 unspecified atom stereocenters. The molecule has 0 bridgehead atoms. The van der Waals surface area contributed by atoms with E-state index in [1.54, 1.807) is 37.4 Å². The Labute approximate surface area is 185 Å². The number of methoxy groups -OCH3 is 1. The van der Waals surface area contributed by atoms with Gasteiger partial charge in [0.05, 0.1) is 11.6 Å². The van der Waals surface area contributed by atoms with Crippen LogP contribution in [-0.4, -0.2) is 41.0 Å². The highest BCUT2D eigenvalue weighted by Gasteiger charge is 2.22. The van der Waals surface area contributed by atoms with E-state index in [-0.39, 0.29) is 24.3 Å². The molecule has 6 nitrogen and oxygen atoms in total. The molecule has 0 fully saturated rings. The molecule has 0 N–H and O–H groups in total. The van der Waals surface area contributed by atoms with Crippen LogP contribution in [0.5, 0.6) is 6.01 Å². The van der Waals surface area contributed by atoms with Crippen molar-refractivity contribution < 1.29 is 14.3 Å². The van der Waals surface area contributed by atoms with Crippen molar-refractivity contribution >= 4 is 29.1 Å². The molecule has 30 heavy (non-hydrogen) atoms. The lowest BCUT2D eigenvalue weighted by molar-refractivity contribution is 0.0943. The molecular weight excluding hydrogens is 425 g/mol. The fourth-order valence-corrected chi connectivity index (χ4v) is 3.37. The van der Waals surface area contributed by atoms with Gasteiger partial charge in [0.2, 0.25) is 0 Å². The van der Waals surface area contributed by atoms with Crippen LogP contribution in [0.15, 0.2) is 42.5 Å². The molecule has 3 rings (SSSR count). The number of nitrogens with zero attached hydrogens (tertiary/aromatic N) is 3. The maximum Gasteiger partial charge on any atom is 0.336 e. The number of benzene rings is 2. The lowest BCUT2D eigenvalue weighted by atomic mass is 10.1. The molecule has 0 amide bonds. The molecule has 8 heteroatoms. The maximum absolute atomic E-state index is 13.2. The second-order valence-corrected chi connectivity index (χ2v) is 7.54. The summed E-state index contributed by atoms with van der Waals surface area (Å²) in [5.74, 6) is -0.0451. The predicted octanol–water partition coefficient (Wildman–Crippen LogP) is 5.31. The maximum atomic E-state index is 13.2. The minimum Gasteiger partial charge on any atom is -0.460 e. The van der Waals surface area contributed by atoms with E-state index in [4.69, 9.17) is 32.7 Å². The third-order valence-corrected chi connectivity index (χ3v) is 5.04. The number of halogens is 2. The van der Waals surface area contributed by atoms with Gasteiger partial charge in [0.1, 0.15) is 6.61 Å². The number of ether oxygens (including phenoxy) is 2. The molecule has 0 aliphatic rings. The first-order valence-corrected chi connectivity index (χ1v) is 10.5. The van der Waals surface area contributed by atoms with Gasteiger partial charge in [-0.05, 0) is 48.7 Å². The number of aryl methyl sites for hydroxylation is 1. The molecular formula is C22H23Cl2N3O3. The average molecular weight is 448 g/mol. The van der Waals surface area contributed by atoms with E-state index in [1.807, 2.05) is 12.1 Å². The van der Waals surface area contributed by atoms with E-state index in [1.165, 1.54) is 10.2 Å². The van der Waals surface area contributed by atoms with Gasteiger partial charge >= 0.3 is 6.01 Å². The molecule has 0 saturated carbocycles. The van der Waals surface area contributed by atoms with Gasteiger partial charge in [0, 0.05) is 23.3 Å². The van der Waals surface area contributed by atoms with Crippen LogP contribution in [0.1, 0.15) is 35.7 Å². The smallest absolute Gasteiger partial charge is 0.336 e. The van der Waals surface area contributed by atoms with E-state index in [9.17, 15) is 4.79 Å². The van der Waals surface area contributed by atoms with Crippen LogP contribution in [0.2, 0.25) is 10.0 Å². The number of carbonyl (C=O) groups is 1. The molecule has 158 valence electrons. The number of unbranched alkanes of at least 4 members (excludes halogenated alkanes) is 1. The number of aromatic nitrogens is 3. The SMILES string of the molecule is CCCCc1ccc(C(=O)n2nc(OCCOC)nc2-c2ccc(Cl)cc2Cl)cc1. The van der Waals surface area contributed by atoms with Gasteiger partial charge in [-0.15, -0.1) is 5.10 Å². The molecule has 3 aromatic rings. The fourth-order valence-electron chi connectivity index (χ4n) is 2.87. The van der Waals surface area contributed by atoms with Crippen molar-refractivity contribution in [2.45, 2.75) is 26.2 Å². The van der Waals surface area contributed by atoms with Crippen LogP contribution in [-0.2, 0) is 11.2 Å². The molecule has 0 radical (unpaired) electrons. The monoisotopic (exact) mass is 447 g/mol. The normalized spacial score (nSPS) is 10.9. The third kappa shape index (κ3) is 5.39. The van der Waals surface area contributed by atoms with E-state index in [0.29, 0.717) is 27.8 Å². The van der Waals surface area contributed by atoms with Crippen molar-refractivity contribution in [3.05, 3.63) is 63.6 Å². The number of carbonyl (C=O) groups excluding carboxylic acids is 1. The van der Waals surface area contributed by atoms with Crippen molar-refractivity contribution in [1.82, 2.24) is 14.8 Å². The second-order valence-electron chi connectivity index (χ2n) is 6.70. The summed E-state index contributed by atoms with van der Waals surface area (Å²) >= 11 is 12.4. The van der Waals surface area contributed by atoms with Gasteiger partial charge in [-0.2, -0.15) is 9.67 Å². The van der Waals surface area contributed by atoms with Crippen LogP contribution >= 0.6 is 23.2 Å². The third-order valence-electron chi connectivity index (χ3n) is 4.49. The molecule has 1 heterocycles. The summed E-state index contributed by atoms with van der Waals surface area (Å²) in [4.78, 5) is 17.6. The minimum atomic E-state index is -0.327. The van der Waals surface area contributed by atoms with Crippen LogP contribution in [0.3, 0.4) is 0 Å². The van der Waals surface area contributed by atoms with Crippen molar-refractivity contribution in [3.8, 4) is 17.4 Å². The zero-order chi connectivity index (χ0) is 21.5. The summed E-state index contributed by atoms with van der Waals surface area (Å²) in [6, 6.07) is 12.6. The zero-order valence-electron chi connectivity index (χ0n) is 16.9. The van der Waals surface area contributed by atoms with Gasteiger partial charge in [0.25, 0.3) is 5.91 Å². The zero-order valence-corrected chi connectivity index (χ0v) is 18.4. The molecule has 2 aromatic carbocycles. The summed E-state index contributed by atoms with van der Waals surface area (Å²) in [6.45, 7) is 2.78. The summed E-state index contributed by atoms with van der Waals surface area (Å²) in [5.41, 5.74) is 2.22. The number of hydrogen-bond donors (Lipinski definition) is 0. The number of rotatable bonds is 9. The number of hydrogen-bond acceptors (Lipinski definition) is 5. The van der Waals surface area contributed by atoms with Crippen LogP contribution in [0, 0.1) is 0 Å². The van der Waals surface area contributed by atoms with Crippen LogP contribution < -0.4 is 4.74 Å². The standard InChI is InChI=1S/C22H23Cl2N3O3/c1-3-4-5-15-6-8-16(9-7-15)21(28)27-20(18-11-10-17(23)14-19(18)24)25-22(26-27)30-13-12-29-2/h6-11,14H,3-5,12-13H2,1-2H3. The van der Waals surface area contributed by atoms with Crippen LogP contribution in [0.4, 0.5) is 0 Å². The molecule has 0 spiro atoms. The van der Waals surface area contributed by atoms with Gasteiger partial charge in [-0.3, -0.25) is 4.79 Å². The second kappa shape index (κ2) is 10.6. The van der Waals surface area contributed by atoms with E-state index < -0.39 is 0 Å². The Morgan fingerprint density at radius 3 is 2.53 bits per heavy atom. The highest BCUT2D eigenvalue weighted by molar-refractivity contribution is 6.36. The molecule has 0 aliphatic carbocycles. The Bertz CT molecular complexity index is 1000. The van der Waals surface area contributed by atoms with Gasteiger partial charge < -0.3 is 9.47 Å². The van der Waals surface area contributed by atoms with Gasteiger partial charge in [-0.1, -0.05) is 48.7 Å². The lowest BCUT2D eigenvalue weighted by Gasteiger charge is -2.07. The van der Waals surface area contributed by atoms with Crippen molar-refractivity contribution in [2.75, 3.05) is 20.3 Å². The Kier molecular flexibility index (Phi) is 7.85. The predicted molar refractivity (Wildman–Crippen MR) is 118 cm³/mol. The largest absolute Gasteiger partial charge is 0.460 e. The summed E-state index contributed by atoms with van der Waals surface area (Å²) < 4.78 is 11.7. The highest BCUT2D eigenvalue weighted by atomic mass is 35.5. The Morgan fingerprint density at radius 2 is 1.87 bits per heavy atom. The summed E-state index contributed by atoms with van der Waals surface area (Å²) in [6.07, 6.45) is 3.21. The molecule has 0 saturated heterocycles. The highest BCUT2D eigenvalue weighted by Crippen LogP contribution is 2.30. The Hall–Kier alpha value is -2.41. The van der Waals surface area contributed by atoms with E-state index in [2.05, 4.69) is 17.0 Å². The summed E-state index contributed by atoms with van der Waals surface area (Å²) in [7, 11) is 1.57. The summed E-state index contributed by atoms with van der Waals surface area (Å²) in [5, 5.41) is 5.11. The topological polar surface area (TPSA) is 66.2 Å². The first kappa shape index (κ1) is 22.3. The average Bonchev–Trinajstić information content (AvgIpc) is 3.16. The Balaban J connectivity index is 1.95. The quantitative estimate of drug-likeness (QED) is 0.415. The van der Waals surface area contributed by atoms with Crippen molar-refractivity contribution in [3.63, 3.8) is 0 Å². The molecule has 0 aliphatic heterocycles. The van der Waals surface area contributed by atoms with Crippen molar-refractivity contribution in [2.24, 2.45) is 0 Å². The lowest BCUT2D eigenvalue weighted by Crippen LogP contribution is -2.15. The Morgan fingerprint density at radius 1 is 1.10 bits per heavy atom. The fraction of sp³-hybridized carbons (Fsp3) is 0.318. The van der Waals surface area contributed by atoms with E-state index >= 15 is 0 Å². The first-order chi connectivity index (χ1) is 14.5. The molecule has 1 aromatic heterocycles.